The Balaban J connectivity index is 1.88. The van der Waals surface area contributed by atoms with Crippen LogP contribution in [0.1, 0.15) is 16.1 Å². The summed E-state index contributed by atoms with van der Waals surface area (Å²) in [5, 5.41) is 7.53. The van der Waals surface area contributed by atoms with E-state index in [1.807, 2.05) is 6.07 Å². The molecule has 7 heteroatoms. The van der Waals surface area contributed by atoms with Crippen molar-refractivity contribution in [2.45, 2.75) is 13.2 Å². The van der Waals surface area contributed by atoms with Crippen LogP contribution in [-0.4, -0.2) is 34.0 Å². The average Bonchev–Trinajstić information content (AvgIpc) is 2.93. The molecule has 0 aliphatic heterocycles. The first-order valence-corrected chi connectivity index (χ1v) is 5.87. The topological polar surface area (TPSA) is 83.3 Å². The van der Waals surface area contributed by atoms with Crippen molar-refractivity contribution >= 4 is 11.9 Å². The molecule has 1 aromatic heterocycles. The fraction of sp³-hybridized carbons (Fsp3) is 0.231. The van der Waals surface area contributed by atoms with Gasteiger partial charge in [-0.15, -0.1) is 5.10 Å². The van der Waals surface area contributed by atoms with E-state index in [9.17, 15) is 9.59 Å². The molecule has 2 rings (SSSR count). The molecule has 2 aromatic rings. The summed E-state index contributed by atoms with van der Waals surface area (Å²) < 4.78 is 10.9. The normalized spacial score (nSPS) is 10.1. The summed E-state index contributed by atoms with van der Waals surface area (Å²) in [6.45, 7) is -0.0367. The maximum Gasteiger partial charge on any atom is 0.338 e. The number of benzene rings is 1. The number of methoxy groups -OCH3 is 1. The van der Waals surface area contributed by atoms with Gasteiger partial charge in [0.1, 0.15) is 18.8 Å². The van der Waals surface area contributed by atoms with Gasteiger partial charge in [-0.3, -0.25) is 4.79 Å². The number of hydrogen-bond acceptors (Lipinski definition) is 6. The molecule has 0 radical (unpaired) electrons. The van der Waals surface area contributed by atoms with Gasteiger partial charge in [-0.05, 0) is 12.1 Å². The Kier molecular flexibility index (Phi) is 4.43. The number of carbonyl (C=O) groups is 2. The molecule has 104 valence electrons. The Bertz CT molecular complexity index is 595. The van der Waals surface area contributed by atoms with E-state index in [4.69, 9.17) is 4.74 Å². The molecule has 0 aliphatic carbocycles. The Hall–Kier alpha value is -2.70. The van der Waals surface area contributed by atoms with E-state index in [1.54, 1.807) is 24.3 Å². The Morgan fingerprint density at radius 2 is 2.00 bits per heavy atom. The van der Waals surface area contributed by atoms with Crippen LogP contribution in [0.5, 0.6) is 0 Å². The van der Waals surface area contributed by atoms with Crippen molar-refractivity contribution in [1.29, 1.82) is 0 Å². The fourth-order valence-electron chi connectivity index (χ4n) is 1.48. The predicted molar refractivity (Wildman–Crippen MR) is 67.6 cm³/mol. The standard InChI is InChI=1S/C13H13N3O4/c1-19-12(17)8-16-7-11(14-15-16)9-20-13(18)10-5-3-2-4-6-10/h2-7H,8-9H2,1H3. The second-order valence-corrected chi connectivity index (χ2v) is 3.93. The van der Waals surface area contributed by atoms with Crippen LogP contribution in [0, 0.1) is 0 Å². The molecule has 0 unspecified atom stereocenters. The van der Waals surface area contributed by atoms with Crippen molar-refractivity contribution in [2.24, 2.45) is 0 Å². The zero-order chi connectivity index (χ0) is 14.4. The number of carbonyl (C=O) groups excluding carboxylic acids is 2. The van der Waals surface area contributed by atoms with E-state index in [2.05, 4.69) is 15.0 Å². The largest absolute Gasteiger partial charge is 0.468 e. The lowest BCUT2D eigenvalue weighted by Crippen LogP contribution is -2.11. The molecular formula is C13H13N3O4. The van der Waals surface area contributed by atoms with Crippen LogP contribution < -0.4 is 0 Å². The molecule has 0 fully saturated rings. The average molecular weight is 275 g/mol. The molecule has 0 atom stereocenters. The quantitative estimate of drug-likeness (QED) is 0.751. The summed E-state index contributed by atoms with van der Waals surface area (Å²) in [4.78, 5) is 22.7. The van der Waals surface area contributed by atoms with Crippen LogP contribution in [0.3, 0.4) is 0 Å². The molecule has 0 bridgehead atoms. The molecule has 20 heavy (non-hydrogen) atoms. The third kappa shape index (κ3) is 3.64. The van der Waals surface area contributed by atoms with Gasteiger partial charge >= 0.3 is 11.9 Å². The minimum atomic E-state index is -0.437. The van der Waals surface area contributed by atoms with Gasteiger partial charge in [0.05, 0.1) is 18.9 Å². The smallest absolute Gasteiger partial charge is 0.338 e. The number of hydrogen-bond donors (Lipinski definition) is 0. The Morgan fingerprint density at radius 1 is 1.25 bits per heavy atom. The summed E-state index contributed by atoms with van der Waals surface area (Å²) in [6, 6.07) is 8.65. The summed E-state index contributed by atoms with van der Waals surface area (Å²) in [5.41, 5.74) is 0.924. The molecule has 7 nitrogen and oxygen atoms in total. The first-order chi connectivity index (χ1) is 9.69. The highest BCUT2D eigenvalue weighted by Crippen LogP contribution is 2.04. The zero-order valence-corrected chi connectivity index (χ0v) is 10.9. The minimum Gasteiger partial charge on any atom is -0.468 e. The highest BCUT2D eigenvalue weighted by atomic mass is 16.5. The second-order valence-electron chi connectivity index (χ2n) is 3.93. The summed E-state index contributed by atoms with van der Waals surface area (Å²) >= 11 is 0. The number of esters is 2. The summed E-state index contributed by atoms with van der Waals surface area (Å²) in [7, 11) is 1.29. The van der Waals surface area contributed by atoms with Crippen LogP contribution >= 0.6 is 0 Å². The van der Waals surface area contributed by atoms with Crippen LogP contribution in [-0.2, 0) is 27.4 Å². The Labute approximate surface area is 115 Å². The predicted octanol–water partition coefficient (Wildman–Crippen LogP) is 0.808. The lowest BCUT2D eigenvalue weighted by Gasteiger charge is -2.01. The molecule has 0 saturated carbocycles. The molecule has 1 aromatic carbocycles. The van der Waals surface area contributed by atoms with E-state index in [0.717, 1.165) is 0 Å². The summed E-state index contributed by atoms with van der Waals surface area (Å²) in [5.74, 6) is -0.865. The molecule has 0 N–H and O–H groups in total. The van der Waals surface area contributed by atoms with Crippen molar-refractivity contribution < 1.29 is 19.1 Å². The van der Waals surface area contributed by atoms with Crippen molar-refractivity contribution in [3.63, 3.8) is 0 Å². The number of rotatable bonds is 5. The lowest BCUT2D eigenvalue weighted by atomic mass is 10.2. The lowest BCUT2D eigenvalue weighted by molar-refractivity contribution is -0.141. The van der Waals surface area contributed by atoms with E-state index in [0.29, 0.717) is 11.3 Å². The van der Waals surface area contributed by atoms with Crippen molar-refractivity contribution in [1.82, 2.24) is 15.0 Å². The van der Waals surface area contributed by atoms with E-state index < -0.39 is 11.9 Å². The Morgan fingerprint density at radius 3 is 2.70 bits per heavy atom. The number of nitrogens with zero attached hydrogens (tertiary/aromatic N) is 3. The highest BCUT2D eigenvalue weighted by molar-refractivity contribution is 5.89. The zero-order valence-electron chi connectivity index (χ0n) is 10.9. The fourth-order valence-corrected chi connectivity index (χ4v) is 1.48. The first kappa shape index (κ1) is 13.7. The van der Waals surface area contributed by atoms with Gasteiger partial charge in [-0.2, -0.15) is 0 Å². The van der Waals surface area contributed by atoms with Gasteiger partial charge < -0.3 is 9.47 Å². The SMILES string of the molecule is COC(=O)Cn1cc(COC(=O)c2ccccc2)nn1. The number of aromatic nitrogens is 3. The highest BCUT2D eigenvalue weighted by Gasteiger charge is 2.09. The van der Waals surface area contributed by atoms with Crippen LogP contribution in [0.25, 0.3) is 0 Å². The van der Waals surface area contributed by atoms with Crippen LogP contribution in [0.4, 0.5) is 0 Å². The first-order valence-electron chi connectivity index (χ1n) is 5.87. The van der Waals surface area contributed by atoms with E-state index in [1.165, 1.54) is 18.0 Å². The molecule has 1 heterocycles. The van der Waals surface area contributed by atoms with Gasteiger partial charge in [0, 0.05) is 0 Å². The molecule has 0 spiro atoms. The van der Waals surface area contributed by atoms with Crippen molar-refractivity contribution in [3.05, 3.63) is 47.8 Å². The molecule has 0 aliphatic rings. The van der Waals surface area contributed by atoms with Crippen molar-refractivity contribution in [2.75, 3.05) is 7.11 Å². The monoisotopic (exact) mass is 275 g/mol. The van der Waals surface area contributed by atoms with Crippen LogP contribution in [0.15, 0.2) is 36.5 Å². The summed E-state index contributed by atoms with van der Waals surface area (Å²) in [6.07, 6.45) is 1.52. The van der Waals surface area contributed by atoms with Crippen molar-refractivity contribution in [3.8, 4) is 0 Å². The molecule has 0 saturated heterocycles. The molecule has 0 amide bonds. The third-order valence-electron chi connectivity index (χ3n) is 2.47. The van der Waals surface area contributed by atoms with Crippen LogP contribution in [0.2, 0.25) is 0 Å². The van der Waals surface area contributed by atoms with E-state index in [-0.39, 0.29) is 13.2 Å². The van der Waals surface area contributed by atoms with Gasteiger partial charge in [0.25, 0.3) is 0 Å². The third-order valence-corrected chi connectivity index (χ3v) is 2.47. The van der Waals surface area contributed by atoms with Gasteiger partial charge in [0.2, 0.25) is 0 Å². The van der Waals surface area contributed by atoms with Gasteiger partial charge in [-0.25, -0.2) is 9.48 Å². The minimum absolute atomic E-state index is 0.00506. The second kappa shape index (κ2) is 6.46. The maximum atomic E-state index is 11.7. The number of ether oxygens (including phenoxy) is 2. The van der Waals surface area contributed by atoms with Gasteiger partial charge in [-0.1, -0.05) is 23.4 Å². The van der Waals surface area contributed by atoms with E-state index >= 15 is 0 Å². The van der Waals surface area contributed by atoms with Gasteiger partial charge in [0.15, 0.2) is 0 Å². The maximum absolute atomic E-state index is 11.7. The molecular weight excluding hydrogens is 262 g/mol.